The van der Waals surface area contributed by atoms with Crippen LogP contribution in [-0.4, -0.2) is 10.6 Å². The van der Waals surface area contributed by atoms with Crippen molar-refractivity contribution in [3.05, 3.63) is 24.0 Å². The first-order chi connectivity index (χ1) is 7.28. The summed E-state index contributed by atoms with van der Waals surface area (Å²) < 4.78 is 2.22. The van der Waals surface area contributed by atoms with Gasteiger partial charge in [-0.2, -0.15) is 0 Å². The largest absolute Gasteiger partial charge is 0.354 e. The van der Waals surface area contributed by atoms with Crippen LogP contribution in [0.2, 0.25) is 0 Å². The zero-order chi connectivity index (χ0) is 10.7. The average molecular weight is 206 g/mol. The van der Waals surface area contributed by atoms with E-state index in [0.29, 0.717) is 6.04 Å². The Morgan fingerprint density at radius 1 is 1.53 bits per heavy atom. The van der Waals surface area contributed by atoms with E-state index < -0.39 is 0 Å². The summed E-state index contributed by atoms with van der Waals surface area (Å²) in [5.41, 5.74) is 1.40. The monoisotopic (exact) mass is 206 g/mol. The highest BCUT2D eigenvalue weighted by molar-refractivity contribution is 5.09. The summed E-state index contributed by atoms with van der Waals surface area (Å²) in [7, 11) is 0. The van der Waals surface area contributed by atoms with Gasteiger partial charge in [0.1, 0.15) is 0 Å². The van der Waals surface area contributed by atoms with E-state index in [2.05, 4.69) is 42.2 Å². The van der Waals surface area contributed by atoms with Crippen LogP contribution in [0.1, 0.15) is 38.7 Å². The molecule has 1 aromatic rings. The van der Waals surface area contributed by atoms with Crippen molar-refractivity contribution in [2.45, 2.75) is 52.2 Å². The van der Waals surface area contributed by atoms with Crippen LogP contribution in [0.5, 0.6) is 0 Å². The van der Waals surface area contributed by atoms with E-state index in [9.17, 15) is 0 Å². The van der Waals surface area contributed by atoms with Crippen molar-refractivity contribution < 1.29 is 0 Å². The second kappa shape index (κ2) is 4.84. The molecule has 0 radical (unpaired) electrons. The second-order valence-electron chi connectivity index (χ2n) is 4.81. The minimum Gasteiger partial charge on any atom is -0.354 e. The molecule has 0 amide bonds. The van der Waals surface area contributed by atoms with E-state index in [4.69, 9.17) is 0 Å². The van der Waals surface area contributed by atoms with Gasteiger partial charge in [-0.25, -0.2) is 0 Å². The summed E-state index contributed by atoms with van der Waals surface area (Å²) in [6.07, 6.45) is 8.66. The van der Waals surface area contributed by atoms with E-state index in [0.717, 1.165) is 19.0 Å². The number of nitrogens with one attached hydrogen (secondary N) is 1. The summed E-state index contributed by atoms with van der Waals surface area (Å²) in [5, 5.41) is 3.59. The molecule has 1 unspecified atom stereocenters. The lowest BCUT2D eigenvalue weighted by molar-refractivity contribution is 0.487. The van der Waals surface area contributed by atoms with Crippen LogP contribution in [0.4, 0.5) is 0 Å². The molecule has 0 saturated heterocycles. The highest BCUT2D eigenvalue weighted by atomic mass is 14.9. The highest BCUT2D eigenvalue weighted by Gasteiger charge is 2.23. The Morgan fingerprint density at radius 2 is 2.33 bits per heavy atom. The molecular formula is C13H22N2. The van der Waals surface area contributed by atoms with Crippen molar-refractivity contribution in [3.63, 3.8) is 0 Å². The van der Waals surface area contributed by atoms with Crippen LogP contribution >= 0.6 is 0 Å². The van der Waals surface area contributed by atoms with Gasteiger partial charge in [-0.05, 0) is 37.8 Å². The Labute approximate surface area is 92.7 Å². The van der Waals surface area contributed by atoms with Crippen molar-refractivity contribution >= 4 is 0 Å². The molecule has 2 heteroatoms. The van der Waals surface area contributed by atoms with Gasteiger partial charge in [-0.3, -0.25) is 0 Å². The highest BCUT2D eigenvalue weighted by Crippen LogP contribution is 2.33. The normalized spacial score (nSPS) is 18.0. The third-order valence-corrected chi connectivity index (χ3v) is 3.22. The maximum absolute atomic E-state index is 3.59. The van der Waals surface area contributed by atoms with E-state index in [-0.39, 0.29) is 0 Å². The molecule has 2 rings (SSSR count). The van der Waals surface area contributed by atoms with Crippen LogP contribution < -0.4 is 5.32 Å². The predicted octanol–water partition coefficient (Wildman–Crippen LogP) is 2.79. The number of hydrogen-bond acceptors (Lipinski definition) is 1. The predicted molar refractivity (Wildman–Crippen MR) is 63.7 cm³/mol. The Hall–Kier alpha value is -0.760. The summed E-state index contributed by atoms with van der Waals surface area (Å²) in [6.45, 7) is 6.56. The molecular weight excluding hydrogens is 184 g/mol. The zero-order valence-corrected chi connectivity index (χ0v) is 9.87. The molecule has 1 N–H and O–H groups in total. The third kappa shape index (κ3) is 3.38. The van der Waals surface area contributed by atoms with Crippen molar-refractivity contribution in [1.82, 2.24) is 9.88 Å². The van der Waals surface area contributed by atoms with Crippen molar-refractivity contribution in [1.29, 1.82) is 0 Å². The Balaban J connectivity index is 1.71. The fourth-order valence-corrected chi connectivity index (χ4v) is 2.02. The molecule has 84 valence electrons. The molecule has 1 heterocycles. The second-order valence-corrected chi connectivity index (χ2v) is 4.81. The van der Waals surface area contributed by atoms with Gasteiger partial charge in [0.2, 0.25) is 0 Å². The molecule has 0 aromatic carbocycles. The number of hydrogen-bond donors (Lipinski definition) is 1. The lowest BCUT2D eigenvalue weighted by Crippen LogP contribution is -2.25. The molecule has 1 aliphatic rings. The number of aromatic nitrogens is 1. The maximum atomic E-state index is 3.59. The molecule has 1 aromatic heterocycles. The van der Waals surface area contributed by atoms with E-state index in [1.165, 1.54) is 24.8 Å². The van der Waals surface area contributed by atoms with Crippen molar-refractivity contribution in [2.24, 2.45) is 5.92 Å². The van der Waals surface area contributed by atoms with E-state index >= 15 is 0 Å². The van der Waals surface area contributed by atoms with Gasteiger partial charge in [0.15, 0.2) is 0 Å². The molecule has 15 heavy (non-hydrogen) atoms. The Kier molecular flexibility index (Phi) is 3.47. The molecule has 1 atom stereocenters. The smallest absolute Gasteiger partial charge is 0.0223 e. The lowest BCUT2D eigenvalue weighted by Gasteiger charge is -2.12. The molecule has 2 nitrogen and oxygen atoms in total. The molecule has 1 aliphatic carbocycles. The third-order valence-electron chi connectivity index (χ3n) is 3.22. The van der Waals surface area contributed by atoms with E-state index in [1.807, 2.05) is 0 Å². The quantitative estimate of drug-likeness (QED) is 0.757. The van der Waals surface area contributed by atoms with Crippen molar-refractivity contribution in [3.8, 4) is 0 Å². The van der Waals surface area contributed by atoms with Crippen LogP contribution in [-0.2, 0) is 13.1 Å². The zero-order valence-electron chi connectivity index (χ0n) is 9.87. The summed E-state index contributed by atoms with van der Waals surface area (Å²) in [6, 6.07) is 2.88. The minimum atomic E-state index is 0.669. The van der Waals surface area contributed by atoms with Crippen molar-refractivity contribution in [2.75, 3.05) is 0 Å². The molecule has 0 aliphatic heterocycles. The SMILES string of the molecule is CCn1ccc(CNC(C)CC2CC2)c1. The van der Waals surface area contributed by atoms with Gasteiger partial charge in [0.05, 0.1) is 0 Å². The first kappa shape index (κ1) is 10.7. The van der Waals surface area contributed by atoms with Crippen LogP contribution in [0.3, 0.4) is 0 Å². The van der Waals surface area contributed by atoms with Crippen LogP contribution in [0.15, 0.2) is 18.5 Å². The lowest BCUT2D eigenvalue weighted by atomic mass is 10.1. The number of nitrogens with zero attached hydrogens (tertiary/aromatic N) is 1. The Morgan fingerprint density at radius 3 is 2.93 bits per heavy atom. The van der Waals surface area contributed by atoms with E-state index in [1.54, 1.807) is 0 Å². The number of rotatable bonds is 6. The van der Waals surface area contributed by atoms with Gasteiger partial charge in [0, 0.05) is 31.5 Å². The van der Waals surface area contributed by atoms with Gasteiger partial charge in [-0.15, -0.1) is 0 Å². The summed E-state index contributed by atoms with van der Waals surface area (Å²) in [5.74, 6) is 1.02. The van der Waals surface area contributed by atoms with Gasteiger partial charge >= 0.3 is 0 Å². The van der Waals surface area contributed by atoms with Gasteiger partial charge in [0.25, 0.3) is 0 Å². The van der Waals surface area contributed by atoms with Gasteiger partial charge in [-0.1, -0.05) is 12.8 Å². The Bertz CT molecular complexity index is 299. The fourth-order valence-electron chi connectivity index (χ4n) is 2.02. The average Bonchev–Trinajstić information content (AvgIpc) is 2.92. The molecule has 0 spiro atoms. The summed E-state index contributed by atoms with van der Waals surface area (Å²) in [4.78, 5) is 0. The summed E-state index contributed by atoms with van der Waals surface area (Å²) >= 11 is 0. The maximum Gasteiger partial charge on any atom is 0.0223 e. The minimum absolute atomic E-state index is 0.669. The van der Waals surface area contributed by atoms with Crippen LogP contribution in [0, 0.1) is 5.92 Å². The van der Waals surface area contributed by atoms with Crippen LogP contribution in [0.25, 0.3) is 0 Å². The standard InChI is InChI=1S/C13H22N2/c1-3-15-7-6-13(10-15)9-14-11(2)8-12-4-5-12/h6-7,10-12,14H,3-5,8-9H2,1-2H3. The first-order valence-corrected chi connectivity index (χ1v) is 6.16. The fraction of sp³-hybridized carbons (Fsp3) is 0.692. The topological polar surface area (TPSA) is 17.0 Å². The molecule has 0 bridgehead atoms. The molecule has 1 saturated carbocycles. The molecule has 1 fully saturated rings. The van der Waals surface area contributed by atoms with Gasteiger partial charge < -0.3 is 9.88 Å². The number of aryl methyl sites for hydroxylation is 1. The first-order valence-electron chi connectivity index (χ1n) is 6.16.